The van der Waals surface area contributed by atoms with E-state index in [2.05, 4.69) is 35.7 Å². The van der Waals surface area contributed by atoms with E-state index in [1.807, 2.05) is 34.8 Å². The number of piperidine rings is 1. The topological polar surface area (TPSA) is 74.0 Å². The summed E-state index contributed by atoms with van der Waals surface area (Å²) in [5, 5.41) is 17.2. The lowest BCUT2D eigenvalue weighted by molar-refractivity contribution is 0.0691. The quantitative estimate of drug-likeness (QED) is 0.668. The second-order valence-electron chi connectivity index (χ2n) is 8.76. The lowest BCUT2D eigenvalue weighted by Gasteiger charge is -2.32. The van der Waals surface area contributed by atoms with Crippen LogP contribution in [-0.4, -0.2) is 46.8 Å². The number of amides is 1. The standard InChI is InChI=1S/C26H27N5O/c1-28-22-3-2-14-30(17-22)26(32)24-15-25(21-6-4-18(16-27)5-7-21)31(29-24)23-12-10-20(11-13-23)19-8-9-19/h4-7,10-13,15,19,22,28H,2-3,8-9,14,17H2,1H3. The number of hydrogen-bond donors (Lipinski definition) is 1. The molecule has 0 radical (unpaired) electrons. The lowest BCUT2D eigenvalue weighted by atomic mass is 10.1. The molecule has 162 valence electrons. The highest BCUT2D eigenvalue weighted by Crippen LogP contribution is 2.40. The van der Waals surface area contributed by atoms with Gasteiger partial charge in [-0.05, 0) is 74.5 Å². The van der Waals surface area contributed by atoms with Crippen LogP contribution in [0.25, 0.3) is 16.9 Å². The van der Waals surface area contributed by atoms with Crippen molar-refractivity contribution in [2.45, 2.75) is 37.6 Å². The predicted octanol–water partition coefficient (Wildman–Crippen LogP) is 4.11. The number of hydrogen-bond acceptors (Lipinski definition) is 4. The molecule has 6 nitrogen and oxygen atoms in total. The Morgan fingerprint density at radius 1 is 1.09 bits per heavy atom. The summed E-state index contributed by atoms with van der Waals surface area (Å²) in [4.78, 5) is 15.2. The Kier molecular flexibility index (Phi) is 5.50. The molecule has 0 bridgehead atoms. The van der Waals surface area contributed by atoms with Crippen molar-refractivity contribution < 1.29 is 4.79 Å². The van der Waals surface area contributed by atoms with Crippen molar-refractivity contribution in [3.63, 3.8) is 0 Å². The fourth-order valence-electron chi connectivity index (χ4n) is 4.47. The Labute approximate surface area is 188 Å². The molecule has 1 aliphatic heterocycles. The summed E-state index contributed by atoms with van der Waals surface area (Å²) in [7, 11) is 1.95. The zero-order chi connectivity index (χ0) is 22.1. The van der Waals surface area contributed by atoms with E-state index in [-0.39, 0.29) is 5.91 Å². The molecule has 6 heteroatoms. The van der Waals surface area contributed by atoms with E-state index in [4.69, 9.17) is 10.4 Å². The van der Waals surface area contributed by atoms with Gasteiger partial charge in [0.25, 0.3) is 5.91 Å². The molecule has 0 spiro atoms. The van der Waals surface area contributed by atoms with Gasteiger partial charge in [0.1, 0.15) is 0 Å². The lowest BCUT2D eigenvalue weighted by Crippen LogP contribution is -2.47. The number of benzene rings is 2. The number of carbonyl (C=O) groups excluding carboxylic acids is 1. The molecule has 5 rings (SSSR count). The van der Waals surface area contributed by atoms with Crippen molar-refractivity contribution in [2.75, 3.05) is 20.1 Å². The molecule has 1 unspecified atom stereocenters. The van der Waals surface area contributed by atoms with Gasteiger partial charge in [-0.2, -0.15) is 10.4 Å². The van der Waals surface area contributed by atoms with Crippen LogP contribution in [0.3, 0.4) is 0 Å². The second kappa shape index (κ2) is 8.60. The number of carbonyl (C=O) groups is 1. The maximum atomic E-state index is 13.3. The number of nitrogens with one attached hydrogen (secondary N) is 1. The molecule has 3 aromatic rings. The minimum Gasteiger partial charge on any atom is -0.336 e. The van der Waals surface area contributed by atoms with Crippen molar-refractivity contribution in [1.82, 2.24) is 20.0 Å². The summed E-state index contributed by atoms with van der Waals surface area (Å²) >= 11 is 0. The molecule has 1 saturated carbocycles. The molecule has 2 fully saturated rings. The Balaban J connectivity index is 1.52. The fourth-order valence-corrected chi connectivity index (χ4v) is 4.47. The Morgan fingerprint density at radius 2 is 1.84 bits per heavy atom. The molecule has 1 atom stereocenters. The molecule has 32 heavy (non-hydrogen) atoms. The minimum absolute atomic E-state index is 0.0341. The third-order valence-corrected chi connectivity index (χ3v) is 6.54. The number of nitrogens with zero attached hydrogens (tertiary/aromatic N) is 4. The Hall–Kier alpha value is -3.43. The molecule has 2 aliphatic rings. The maximum absolute atomic E-state index is 13.3. The van der Waals surface area contributed by atoms with Gasteiger partial charge < -0.3 is 10.2 Å². The molecule has 1 amide bonds. The first kappa shape index (κ1) is 20.5. The van der Waals surface area contributed by atoms with E-state index in [0.717, 1.165) is 36.3 Å². The van der Waals surface area contributed by atoms with Crippen LogP contribution < -0.4 is 5.32 Å². The molecular formula is C26H27N5O. The number of nitriles is 1. The molecule has 2 aromatic carbocycles. The van der Waals surface area contributed by atoms with Crippen molar-refractivity contribution >= 4 is 5.91 Å². The van der Waals surface area contributed by atoms with E-state index >= 15 is 0 Å². The first-order valence-electron chi connectivity index (χ1n) is 11.3. The van der Waals surface area contributed by atoms with Crippen LogP contribution in [0, 0.1) is 11.3 Å². The largest absolute Gasteiger partial charge is 0.336 e. The summed E-state index contributed by atoms with van der Waals surface area (Å²) in [5.74, 6) is 0.657. The monoisotopic (exact) mass is 425 g/mol. The van der Waals surface area contributed by atoms with Gasteiger partial charge in [0.2, 0.25) is 0 Å². The number of aromatic nitrogens is 2. The highest BCUT2D eigenvalue weighted by atomic mass is 16.2. The van der Waals surface area contributed by atoms with Crippen LogP contribution in [0.1, 0.15) is 53.2 Å². The van der Waals surface area contributed by atoms with Crippen LogP contribution in [0.2, 0.25) is 0 Å². The molecule has 2 heterocycles. The summed E-state index contributed by atoms with van der Waals surface area (Å²) in [6.45, 7) is 1.45. The van der Waals surface area contributed by atoms with Gasteiger partial charge in [0, 0.05) is 24.7 Å². The van der Waals surface area contributed by atoms with Gasteiger partial charge in [-0.25, -0.2) is 4.68 Å². The van der Waals surface area contributed by atoms with E-state index in [1.54, 1.807) is 12.1 Å². The van der Waals surface area contributed by atoms with E-state index in [0.29, 0.717) is 29.8 Å². The van der Waals surface area contributed by atoms with Gasteiger partial charge in [0.05, 0.1) is 23.0 Å². The average Bonchev–Trinajstić information content (AvgIpc) is 3.62. The molecule has 1 N–H and O–H groups in total. The third kappa shape index (κ3) is 4.04. The van der Waals surface area contributed by atoms with Crippen LogP contribution in [0.4, 0.5) is 0 Å². The second-order valence-corrected chi connectivity index (χ2v) is 8.76. The van der Waals surface area contributed by atoms with Crippen molar-refractivity contribution in [3.8, 4) is 23.0 Å². The predicted molar refractivity (Wildman–Crippen MR) is 124 cm³/mol. The molecule has 1 saturated heterocycles. The van der Waals surface area contributed by atoms with Crippen LogP contribution in [0.5, 0.6) is 0 Å². The van der Waals surface area contributed by atoms with Crippen molar-refractivity contribution in [2.24, 2.45) is 0 Å². The first-order valence-corrected chi connectivity index (χ1v) is 11.3. The average molecular weight is 426 g/mol. The summed E-state index contributed by atoms with van der Waals surface area (Å²) in [6.07, 6.45) is 4.60. The summed E-state index contributed by atoms with van der Waals surface area (Å²) < 4.78 is 1.85. The van der Waals surface area contributed by atoms with Gasteiger partial charge in [-0.1, -0.05) is 24.3 Å². The summed E-state index contributed by atoms with van der Waals surface area (Å²) in [5.41, 5.74) is 5.12. The van der Waals surface area contributed by atoms with E-state index < -0.39 is 0 Å². The Bertz CT molecular complexity index is 1150. The number of likely N-dealkylation sites (N-methyl/N-ethyl adjacent to an activating group) is 1. The third-order valence-electron chi connectivity index (χ3n) is 6.54. The van der Waals surface area contributed by atoms with Gasteiger partial charge in [-0.15, -0.1) is 0 Å². The first-order chi connectivity index (χ1) is 15.7. The van der Waals surface area contributed by atoms with Gasteiger partial charge in [-0.3, -0.25) is 4.79 Å². The Morgan fingerprint density at radius 3 is 2.50 bits per heavy atom. The number of rotatable bonds is 5. The van der Waals surface area contributed by atoms with Crippen LogP contribution >= 0.6 is 0 Å². The summed E-state index contributed by atoms with van der Waals surface area (Å²) in [6, 6.07) is 20.3. The highest BCUT2D eigenvalue weighted by Gasteiger charge is 2.27. The number of likely N-dealkylation sites (tertiary alicyclic amines) is 1. The SMILES string of the molecule is CNC1CCCN(C(=O)c2cc(-c3ccc(C#N)cc3)n(-c3ccc(C4CC4)cc3)n2)C1. The normalized spacial score (nSPS) is 18.4. The molecule has 1 aliphatic carbocycles. The highest BCUT2D eigenvalue weighted by molar-refractivity contribution is 5.93. The molecular weight excluding hydrogens is 398 g/mol. The van der Waals surface area contributed by atoms with Crippen LogP contribution in [0.15, 0.2) is 54.6 Å². The van der Waals surface area contributed by atoms with E-state index in [9.17, 15) is 4.79 Å². The smallest absolute Gasteiger partial charge is 0.274 e. The van der Waals surface area contributed by atoms with E-state index in [1.165, 1.54) is 18.4 Å². The van der Waals surface area contributed by atoms with Gasteiger partial charge >= 0.3 is 0 Å². The van der Waals surface area contributed by atoms with Crippen molar-refractivity contribution in [1.29, 1.82) is 5.26 Å². The fraction of sp³-hybridized carbons (Fsp3) is 0.346. The zero-order valence-corrected chi connectivity index (χ0v) is 18.3. The van der Waals surface area contributed by atoms with Crippen LogP contribution in [-0.2, 0) is 0 Å². The molecule has 1 aromatic heterocycles. The maximum Gasteiger partial charge on any atom is 0.274 e. The van der Waals surface area contributed by atoms with Gasteiger partial charge in [0.15, 0.2) is 5.69 Å². The minimum atomic E-state index is -0.0341. The van der Waals surface area contributed by atoms with Crippen molar-refractivity contribution in [3.05, 3.63) is 71.4 Å². The zero-order valence-electron chi connectivity index (χ0n) is 18.3.